The van der Waals surface area contributed by atoms with Crippen LogP contribution in [0.2, 0.25) is 5.02 Å². The van der Waals surface area contributed by atoms with Crippen molar-refractivity contribution in [3.63, 3.8) is 0 Å². The molecule has 3 aromatic rings. The first-order valence-corrected chi connectivity index (χ1v) is 12.4. The molecule has 0 saturated carbocycles. The summed E-state index contributed by atoms with van der Waals surface area (Å²) in [5, 5.41) is 11.8. The fraction of sp³-hybridized carbons (Fsp3) is 0.385. The van der Waals surface area contributed by atoms with Crippen molar-refractivity contribution in [2.45, 2.75) is 38.7 Å². The molecule has 0 atom stereocenters. The Morgan fingerprint density at radius 1 is 1.09 bits per heavy atom. The molecule has 2 heterocycles. The number of benzene rings is 2. The number of H-pyrrole nitrogens is 1. The first kappa shape index (κ1) is 24.9. The molecule has 2 aromatic carbocycles. The minimum atomic E-state index is -0.336. The quantitative estimate of drug-likeness (QED) is 0.446. The van der Waals surface area contributed by atoms with Crippen LogP contribution in [0.4, 0.5) is 0 Å². The number of hydrogen-bond donors (Lipinski definition) is 2. The maximum absolute atomic E-state index is 12.5. The van der Waals surface area contributed by atoms with Gasteiger partial charge in [0, 0.05) is 36.5 Å². The third kappa shape index (κ3) is 7.63. The molecular weight excluding hydrogens is 466 g/mol. The van der Waals surface area contributed by atoms with Gasteiger partial charge in [0.1, 0.15) is 18.1 Å². The summed E-state index contributed by atoms with van der Waals surface area (Å²) >= 11 is 6.00. The number of likely N-dealkylation sites (tertiary alicyclic amines) is 1. The fourth-order valence-electron chi connectivity index (χ4n) is 4.01. The van der Waals surface area contributed by atoms with Crippen molar-refractivity contribution in [3.8, 4) is 17.1 Å². The number of hydrogen-bond acceptors (Lipinski definition) is 6. The van der Waals surface area contributed by atoms with E-state index >= 15 is 0 Å². The molecule has 8 nitrogen and oxygen atoms in total. The number of amides is 1. The Hall–Kier alpha value is -3.23. The minimum Gasteiger partial charge on any atom is -0.489 e. The maximum Gasteiger partial charge on any atom is 0.273 e. The van der Waals surface area contributed by atoms with Crippen molar-refractivity contribution in [2.75, 3.05) is 26.2 Å². The van der Waals surface area contributed by atoms with Gasteiger partial charge in [0.15, 0.2) is 5.82 Å². The van der Waals surface area contributed by atoms with Crippen LogP contribution in [0.3, 0.4) is 0 Å². The molecule has 4 rings (SSSR count). The van der Waals surface area contributed by atoms with Crippen LogP contribution in [-0.4, -0.2) is 52.2 Å². The molecule has 35 heavy (non-hydrogen) atoms. The minimum absolute atomic E-state index is 0.0827. The average Bonchev–Trinajstić information content (AvgIpc) is 2.88. The molecule has 0 radical (unpaired) electrons. The zero-order chi connectivity index (χ0) is 24.5. The lowest BCUT2D eigenvalue weighted by Gasteiger charge is -2.26. The summed E-state index contributed by atoms with van der Waals surface area (Å²) < 4.78 is 5.79. The molecule has 2 N–H and O–H groups in total. The summed E-state index contributed by atoms with van der Waals surface area (Å²) in [5.41, 5.74) is 1.61. The molecule has 1 amide bonds. The molecule has 1 aromatic heterocycles. The Morgan fingerprint density at radius 2 is 1.89 bits per heavy atom. The van der Waals surface area contributed by atoms with E-state index < -0.39 is 0 Å². The number of nitrogens with zero attached hydrogens (tertiary/aromatic N) is 3. The molecule has 0 unspecified atom stereocenters. The molecule has 1 aliphatic heterocycles. The van der Waals surface area contributed by atoms with Gasteiger partial charge in [0.25, 0.3) is 5.56 Å². The van der Waals surface area contributed by atoms with Gasteiger partial charge in [0.2, 0.25) is 5.91 Å². The van der Waals surface area contributed by atoms with Gasteiger partial charge in [-0.15, -0.1) is 10.2 Å². The monoisotopic (exact) mass is 495 g/mol. The smallest absolute Gasteiger partial charge is 0.273 e. The Labute approximate surface area is 209 Å². The molecule has 0 spiro atoms. The Morgan fingerprint density at radius 3 is 2.63 bits per heavy atom. The second kappa shape index (κ2) is 12.5. The highest BCUT2D eigenvalue weighted by molar-refractivity contribution is 6.30. The summed E-state index contributed by atoms with van der Waals surface area (Å²) in [6.07, 6.45) is 4.20. The predicted octanol–water partition coefficient (Wildman–Crippen LogP) is 3.60. The SMILES string of the molecule is O=C(CCc1nnc(-c2ccc(OCc3cccc(Cl)c3)cc2)[nH]c1=O)NCCN1CCCCC1. The van der Waals surface area contributed by atoms with E-state index in [1.54, 1.807) is 0 Å². The van der Waals surface area contributed by atoms with Crippen molar-refractivity contribution >= 4 is 17.5 Å². The molecule has 184 valence electrons. The standard InChI is InChI=1S/C26H30ClN5O3/c27-21-6-4-5-19(17-21)18-35-22-9-7-20(8-10-22)25-29-26(34)23(30-31-25)11-12-24(33)28-13-16-32-14-2-1-3-15-32/h4-10,17H,1-3,11-16,18H2,(H,28,33)(H,29,31,34). The summed E-state index contributed by atoms with van der Waals surface area (Å²) in [5.74, 6) is 0.971. The van der Waals surface area contributed by atoms with Gasteiger partial charge in [-0.25, -0.2) is 0 Å². The normalized spacial score (nSPS) is 14.0. The van der Waals surface area contributed by atoms with Crippen LogP contribution >= 0.6 is 11.6 Å². The van der Waals surface area contributed by atoms with Crippen LogP contribution in [0.25, 0.3) is 11.4 Å². The molecule has 9 heteroatoms. The Kier molecular flexibility index (Phi) is 8.86. The molecular formula is C26H30ClN5O3. The first-order valence-electron chi connectivity index (χ1n) is 12.0. The highest BCUT2D eigenvalue weighted by atomic mass is 35.5. The highest BCUT2D eigenvalue weighted by Crippen LogP contribution is 2.20. The van der Waals surface area contributed by atoms with E-state index in [2.05, 4.69) is 25.4 Å². The van der Waals surface area contributed by atoms with Crippen LogP contribution < -0.4 is 15.6 Å². The number of carbonyl (C=O) groups is 1. The van der Waals surface area contributed by atoms with Gasteiger partial charge < -0.3 is 19.9 Å². The average molecular weight is 496 g/mol. The second-order valence-electron chi connectivity index (χ2n) is 8.64. The zero-order valence-corrected chi connectivity index (χ0v) is 20.4. The van der Waals surface area contributed by atoms with Gasteiger partial charge in [-0.3, -0.25) is 9.59 Å². The van der Waals surface area contributed by atoms with Crippen molar-refractivity contribution < 1.29 is 9.53 Å². The van der Waals surface area contributed by atoms with E-state index in [0.717, 1.165) is 25.2 Å². The third-order valence-corrected chi connectivity index (χ3v) is 6.21. The Balaban J connectivity index is 1.25. The summed E-state index contributed by atoms with van der Waals surface area (Å²) in [4.78, 5) is 29.7. The van der Waals surface area contributed by atoms with E-state index in [9.17, 15) is 9.59 Å². The Bertz CT molecular complexity index is 1180. The largest absolute Gasteiger partial charge is 0.489 e. The molecule has 1 fully saturated rings. The third-order valence-electron chi connectivity index (χ3n) is 5.97. The highest BCUT2D eigenvalue weighted by Gasteiger charge is 2.12. The fourth-order valence-corrected chi connectivity index (χ4v) is 4.23. The van der Waals surface area contributed by atoms with Gasteiger partial charge in [0.05, 0.1) is 0 Å². The number of aromatic nitrogens is 3. The van der Waals surface area contributed by atoms with E-state index in [1.807, 2.05) is 48.5 Å². The van der Waals surface area contributed by atoms with Crippen molar-refractivity contribution in [1.29, 1.82) is 0 Å². The van der Waals surface area contributed by atoms with Crippen LogP contribution in [-0.2, 0) is 17.8 Å². The lowest BCUT2D eigenvalue weighted by molar-refractivity contribution is -0.121. The number of rotatable bonds is 10. The van der Waals surface area contributed by atoms with Crippen LogP contribution in [0, 0.1) is 0 Å². The van der Waals surface area contributed by atoms with Crippen LogP contribution in [0.15, 0.2) is 53.3 Å². The van der Waals surface area contributed by atoms with Gasteiger partial charge >= 0.3 is 0 Å². The van der Waals surface area contributed by atoms with E-state index in [1.165, 1.54) is 19.3 Å². The van der Waals surface area contributed by atoms with E-state index in [-0.39, 0.29) is 30.0 Å². The summed E-state index contributed by atoms with van der Waals surface area (Å²) in [6, 6.07) is 14.7. The lowest BCUT2D eigenvalue weighted by atomic mass is 10.1. The summed E-state index contributed by atoms with van der Waals surface area (Å²) in [6.45, 7) is 4.10. The number of aromatic amines is 1. The van der Waals surface area contributed by atoms with Gasteiger partial charge in [-0.1, -0.05) is 30.2 Å². The number of piperidine rings is 1. The molecule has 1 saturated heterocycles. The van der Waals surface area contributed by atoms with Gasteiger partial charge in [-0.05, 0) is 67.9 Å². The second-order valence-corrected chi connectivity index (χ2v) is 9.08. The topological polar surface area (TPSA) is 100 Å². The molecule has 1 aliphatic rings. The number of halogens is 1. The zero-order valence-electron chi connectivity index (χ0n) is 19.6. The van der Waals surface area contributed by atoms with Crippen molar-refractivity contribution in [2.24, 2.45) is 0 Å². The van der Waals surface area contributed by atoms with E-state index in [0.29, 0.717) is 35.3 Å². The number of aryl methyl sites for hydroxylation is 1. The predicted molar refractivity (Wildman–Crippen MR) is 135 cm³/mol. The first-order chi connectivity index (χ1) is 17.1. The van der Waals surface area contributed by atoms with Crippen molar-refractivity contribution in [1.82, 2.24) is 25.4 Å². The summed E-state index contributed by atoms with van der Waals surface area (Å²) in [7, 11) is 0. The molecule has 0 aliphatic carbocycles. The molecule has 0 bridgehead atoms. The number of nitrogens with one attached hydrogen (secondary N) is 2. The lowest BCUT2D eigenvalue weighted by Crippen LogP contribution is -2.37. The number of carbonyl (C=O) groups excluding carboxylic acids is 1. The van der Waals surface area contributed by atoms with Crippen LogP contribution in [0.5, 0.6) is 5.75 Å². The van der Waals surface area contributed by atoms with Gasteiger partial charge in [-0.2, -0.15) is 0 Å². The van der Waals surface area contributed by atoms with Crippen LogP contribution in [0.1, 0.15) is 36.9 Å². The van der Waals surface area contributed by atoms with E-state index in [4.69, 9.17) is 16.3 Å². The maximum atomic E-state index is 12.5. The van der Waals surface area contributed by atoms with Crippen molar-refractivity contribution in [3.05, 3.63) is 75.2 Å². The number of ether oxygens (including phenoxy) is 1.